The number of hydrogen-bond acceptors (Lipinski definition) is 9. The van der Waals surface area contributed by atoms with Crippen LogP contribution in [0.1, 0.15) is 113 Å². The average molecular weight is 896 g/mol. The molecule has 12 nitrogen and oxygen atoms in total. The zero-order chi connectivity index (χ0) is 46.0. The molecule has 2 heterocycles. The molecular formula is C49H59ClN6O6S. The third-order valence-corrected chi connectivity index (χ3v) is 13.9. The van der Waals surface area contributed by atoms with Gasteiger partial charge in [0.15, 0.2) is 0 Å². The maximum absolute atomic E-state index is 14.1. The van der Waals surface area contributed by atoms with Crippen molar-refractivity contribution in [1.29, 1.82) is 5.26 Å². The van der Waals surface area contributed by atoms with Crippen LogP contribution in [-0.2, 0) is 20.8 Å². The van der Waals surface area contributed by atoms with Crippen LogP contribution in [0.15, 0.2) is 72.2 Å². The number of nitriles is 1. The van der Waals surface area contributed by atoms with E-state index in [-0.39, 0.29) is 55.3 Å². The molecule has 2 aliphatic rings. The highest BCUT2D eigenvalue weighted by Gasteiger charge is 2.64. The number of ether oxygens (including phenoxy) is 1. The van der Waals surface area contributed by atoms with E-state index in [2.05, 4.69) is 54.7 Å². The van der Waals surface area contributed by atoms with Crippen molar-refractivity contribution in [1.82, 2.24) is 25.8 Å². The number of benzene rings is 3. The maximum atomic E-state index is 14.1. The molecule has 1 aliphatic heterocycles. The number of likely N-dealkylation sites (tertiary alicyclic amines) is 1. The number of halogens is 1. The number of thiazole rings is 1. The van der Waals surface area contributed by atoms with Gasteiger partial charge in [0.25, 0.3) is 5.91 Å². The number of aryl methyl sites for hydroxylation is 2. The number of amides is 4. The van der Waals surface area contributed by atoms with Gasteiger partial charge in [-0.3, -0.25) is 19.2 Å². The molecule has 0 unspecified atom stereocenters. The fraction of sp³-hybridized carbons (Fsp3) is 0.469. The Morgan fingerprint density at radius 1 is 1.02 bits per heavy atom. The largest absolute Gasteiger partial charge is 0.489 e. The highest BCUT2D eigenvalue weighted by molar-refractivity contribution is 7.13. The molecule has 2 fully saturated rings. The van der Waals surface area contributed by atoms with Crippen LogP contribution in [0.2, 0.25) is 5.02 Å². The van der Waals surface area contributed by atoms with E-state index in [0.29, 0.717) is 34.7 Å². The van der Waals surface area contributed by atoms with E-state index in [0.717, 1.165) is 27.3 Å². The summed E-state index contributed by atoms with van der Waals surface area (Å²) in [4.78, 5) is 61.5. The second-order valence-electron chi connectivity index (χ2n) is 19.2. The maximum Gasteiger partial charge on any atom is 0.251 e. The van der Waals surface area contributed by atoms with Gasteiger partial charge >= 0.3 is 0 Å². The number of aliphatic hydroxyl groups is 1. The van der Waals surface area contributed by atoms with Gasteiger partial charge in [-0.2, -0.15) is 5.26 Å². The summed E-state index contributed by atoms with van der Waals surface area (Å²) in [6.45, 7) is 17.6. The van der Waals surface area contributed by atoms with Gasteiger partial charge in [-0.25, -0.2) is 4.98 Å². The van der Waals surface area contributed by atoms with Gasteiger partial charge in [-0.05, 0) is 73.1 Å². The van der Waals surface area contributed by atoms with Crippen LogP contribution < -0.4 is 20.7 Å². The van der Waals surface area contributed by atoms with Gasteiger partial charge in [0, 0.05) is 47.9 Å². The molecule has 4 N–H and O–H groups in total. The molecule has 14 heteroatoms. The first-order valence-electron chi connectivity index (χ1n) is 21.5. The standard InChI is InChI=1S/C49H59ClN6O6S/c1-28(31-17-19-32(20-18-31)40-29(2)52-27-63-40)53-43(60)38-23-35(57)26-56(38)44(61)41(47(3,4)5)54-39(58)12-10-11-30-13-15-33(16-14-30)42(59)55-45-48(6,7)46(49(45,8)9)62-36-22-21-34(25-51)37(50)24-36/h13-22,24,27-28,35,38,41,45-46,57H,10-12,23,26H2,1-9H3,(H,53,60)(H,54,58)(H,55,59)/t28-,35+,38-,41+,45?,46?/m0/s1. The first-order valence-corrected chi connectivity index (χ1v) is 22.7. The summed E-state index contributed by atoms with van der Waals surface area (Å²) in [5, 5.41) is 29.4. The summed E-state index contributed by atoms with van der Waals surface area (Å²) in [6, 6.07) is 20.0. The minimum absolute atomic E-state index is 0.00855. The SMILES string of the molecule is Cc1ncsc1-c1ccc([C@H](C)NC(=O)[C@@H]2C[C@@H](O)CN2C(=O)[C@@H](NC(=O)CCCc2ccc(C(=O)NC3C(C)(C)C(Oc4ccc(C#N)c(Cl)c4)C3(C)C)cc2)C(C)(C)C)cc1. The van der Waals surface area contributed by atoms with Crippen molar-refractivity contribution in [3.8, 4) is 22.3 Å². The second-order valence-corrected chi connectivity index (χ2v) is 20.5. The van der Waals surface area contributed by atoms with Gasteiger partial charge < -0.3 is 30.7 Å². The summed E-state index contributed by atoms with van der Waals surface area (Å²) in [5.41, 5.74) is 5.09. The molecule has 0 spiro atoms. The van der Waals surface area contributed by atoms with E-state index in [1.807, 2.05) is 76.5 Å². The van der Waals surface area contributed by atoms with Crippen LogP contribution in [0.3, 0.4) is 0 Å². The van der Waals surface area contributed by atoms with E-state index in [4.69, 9.17) is 16.3 Å². The van der Waals surface area contributed by atoms with Crippen LogP contribution in [0.5, 0.6) is 5.75 Å². The Morgan fingerprint density at radius 2 is 1.68 bits per heavy atom. The van der Waals surface area contributed by atoms with Crippen LogP contribution in [0.4, 0.5) is 0 Å². The Kier molecular flexibility index (Phi) is 14.1. The first-order chi connectivity index (χ1) is 29.6. The number of hydrogen-bond donors (Lipinski definition) is 4. The predicted molar refractivity (Wildman–Crippen MR) is 245 cm³/mol. The van der Waals surface area contributed by atoms with Crippen molar-refractivity contribution in [2.24, 2.45) is 16.2 Å². The molecule has 63 heavy (non-hydrogen) atoms. The lowest BCUT2D eigenvalue weighted by molar-refractivity contribution is -0.164. The van der Waals surface area contributed by atoms with Crippen molar-refractivity contribution >= 4 is 46.6 Å². The van der Waals surface area contributed by atoms with E-state index >= 15 is 0 Å². The van der Waals surface area contributed by atoms with E-state index in [9.17, 15) is 29.5 Å². The van der Waals surface area contributed by atoms with Crippen LogP contribution in [0, 0.1) is 34.5 Å². The van der Waals surface area contributed by atoms with Crippen LogP contribution >= 0.6 is 22.9 Å². The molecule has 6 rings (SSSR count). The smallest absolute Gasteiger partial charge is 0.251 e. The van der Waals surface area contributed by atoms with Crippen molar-refractivity contribution in [3.05, 3.63) is 105 Å². The van der Waals surface area contributed by atoms with Gasteiger partial charge in [0.2, 0.25) is 17.7 Å². The number of aliphatic hydroxyl groups excluding tert-OH is 1. The lowest BCUT2D eigenvalue weighted by Gasteiger charge is -2.63. The number of carbonyl (C=O) groups excluding carboxylic acids is 4. The van der Waals surface area contributed by atoms with Gasteiger partial charge in [0.1, 0.15) is 30.0 Å². The predicted octanol–water partition coefficient (Wildman–Crippen LogP) is 7.95. The first kappa shape index (κ1) is 47.2. The number of nitrogens with one attached hydrogen (secondary N) is 3. The number of nitrogens with zero attached hydrogens (tertiary/aromatic N) is 3. The highest BCUT2D eigenvalue weighted by atomic mass is 35.5. The fourth-order valence-electron chi connectivity index (χ4n) is 9.33. The lowest BCUT2D eigenvalue weighted by Crippen LogP contribution is -2.74. The third-order valence-electron chi connectivity index (χ3n) is 12.6. The number of β-amino-alcohol motifs (C(OH)–C–C–N with tert-alkyl or cyclic N) is 1. The monoisotopic (exact) mass is 894 g/mol. The van der Waals surface area contributed by atoms with Crippen LogP contribution in [0.25, 0.3) is 10.4 Å². The highest BCUT2D eigenvalue weighted by Crippen LogP contribution is 2.55. The molecule has 0 radical (unpaired) electrons. The molecule has 3 aromatic carbocycles. The Balaban J connectivity index is 0.994. The minimum atomic E-state index is -0.925. The molecular weight excluding hydrogens is 836 g/mol. The summed E-state index contributed by atoms with van der Waals surface area (Å²) in [7, 11) is 0. The summed E-state index contributed by atoms with van der Waals surface area (Å²) in [6.07, 6.45) is 0.252. The number of rotatable bonds is 14. The number of carbonyl (C=O) groups is 4. The topological polar surface area (TPSA) is 174 Å². The van der Waals surface area contributed by atoms with Crippen molar-refractivity contribution in [3.63, 3.8) is 0 Å². The lowest BCUT2D eigenvalue weighted by atomic mass is 9.49. The van der Waals surface area contributed by atoms with Crippen molar-refractivity contribution < 1.29 is 29.0 Å². The molecule has 1 aliphatic carbocycles. The zero-order valence-corrected chi connectivity index (χ0v) is 39.1. The van der Waals surface area contributed by atoms with Crippen molar-refractivity contribution in [2.45, 2.75) is 124 Å². The van der Waals surface area contributed by atoms with Gasteiger partial charge in [-0.1, -0.05) is 96.5 Å². The summed E-state index contributed by atoms with van der Waals surface area (Å²) < 4.78 is 6.36. The molecule has 4 amide bonds. The molecule has 1 saturated carbocycles. The van der Waals surface area contributed by atoms with Crippen LogP contribution in [-0.4, -0.2) is 75.5 Å². The normalized spacial score (nSPS) is 21.0. The molecule has 334 valence electrons. The Labute approximate surface area is 379 Å². The van der Waals surface area contributed by atoms with E-state index < -0.39 is 40.3 Å². The second kappa shape index (κ2) is 18.8. The molecule has 1 saturated heterocycles. The van der Waals surface area contributed by atoms with E-state index in [1.54, 1.807) is 41.7 Å². The molecule has 4 atom stereocenters. The summed E-state index contributed by atoms with van der Waals surface area (Å²) >= 11 is 7.82. The van der Waals surface area contributed by atoms with Gasteiger partial charge in [0.05, 0.1) is 38.8 Å². The average Bonchev–Trinajstić information content (AvgIpc) is 3.85. The summed E-state index contributed by atoms with van der Waals surface area (Å²) in [5.74, 6) is -0.696. The Morgan fingerprint density at radius 3 is 2.27 bits per heavy atom. The fourth-order valence-corrected chi connectivity index (χ4v) is 10.4. The number of aromatic nitrogens is 1. The Bertz CT molecular complexity index is 2350. The molecule has 4 aromatic rings. The zero-order valence-electron chi connectivity index (χ0n) is 37.5. The quantitative estimate of drug-likeness (QED) is 0.0988. The van der Waals surface area contributed by atoms with E-state index in [1.165, 1.54) is 4.90 Å². The Hall–Kier alpha value is -5.29. The molecule has 1 aromatic heterocycles. The minimum Gasteiger partial charge on any atom is -0.489 e. The van der Waals surface area contributed by atoms with Crippen molar-refractivity contribution in [2.75, 3.05) is 6.54 Å². The van der Waals surface area contributed by atoms with Gasteiger partial charge in [-0.15, -0.1) is 11.3 Å². The molecule has 0 bridgehead atoms. The third kappa shape index (κ3) is 10.4.